The smallest absolute Gasteiger partial charge is 0.264 e. The van der Waals surface area contributed by atoms with Gasteiger partial charge in [0.25, 0.3) is 10.0 Å². The van der Waals surface area contributed by atoms with Crippen molar-refractivity contribution >= 4 is 21.6 Å². The second kappa shape index (κ2) is 8.92. The van der Waals surface area contributed by atoms with Crippen LogP contribution in [0.2, 0.25) is 0 Å². The molecule has 1 amide bonds. The second-order valence-corrected chi connectivity index (χ2v) is 8.79. The maximum absolute atomic E-state index is 13.2. The highest BCUT2D eigenvalue weighted by Gasteiger charge is 2.27. The van der Waals surface area contributed by atoms with Crippen LogP contribution in [-0.2, 0) is 21.4 Å². The van der Waals surface area contributed by atoms with E-state index >= 15 is 0 Å². The normalized spacial score (nSPS) is 11.1. The van der Waals surface area contributed by atoms with Gasteiger partial charge in [-0.15, -0.1) is 0 Å². The van der Waals surface area contributed by atoms with Crippen LogP contribution >= 0.6 is 0 Å². The predicted octanol–water partition coefficient (Wildman–Crippen LogP) is 3.82. The van der Waals surface area contributed by atoms with Crippen molar-refractivity contribution in [2.45, 2.75) is 25.3 Å². The van der Waals surface area contributed by atoms with E-state index in [0.29, 0.717) is 12.2 Å². The number of nitrogens with zero attached hydrogens (tertiary/aromatic N) is 1. The third-order valence-corrected chi connectivity index (χ3v) is 6.27. The van der Waals surface area contributed by atoms with Gasteiger partial charge in [0.1, 0.15) is 6.54 Å². The van der Waals surface area contributed by atoms with Crippen molar-refractivity contribution in [2.75, 3.05) is 10.8 Å². The molecule has 3 aromatic rings. The summed E-state index contributed by atoms with van der Waals surface area (Å²) in [5.41, 5.74) is 3.44. The van der Waals surface area contributed by atoms with E-state index in [9.17, 15) is 13.2 Å². The van der Waals surface area contributed by atoms with Gasteiger partial charge in [0.2, 0.25) is 5.91 Å². The van der Waals surface area contributed by atoms with Gasteiger partial charge in [0, 0.05) is 6.54 Å². The zero-order chi connectivity index (χ0) is 20.9. The fraction of sp³-hybridized carbons (Fsp3) is 0.174. The molecule has 29 heavy (non-hydrogen) atoms. The van der Waals surface area contributed by atoms with E-state index in [2.05, 4.69) is 5.32 Å². The monoisotopic (exact) mass is 408 g/mol. The molecule has 0 saturated heterocycles. The van der Waals surface area contributed by atoms with Crippen molar-refractivity contribution in [3.05, 3.63) is 95.6 Å². The lowest BCUT2D eigenvalue weighted by molar-refractivity contribution is -0.119. The minimum absolute atomic E-state index is 0.146. The summed E-state index contributed by atoms with van der Waals surface area (Å²) in [4.78, 5) is 12.8. The molecule has 0 heterocycles. The van der Waals surface area contributed by atoms with Crippen LogP contribution in [0.15, 0.2) is 83.8 Å². The van der Waals surface area contributed by atoms with E-state index in [-0.39, 0.29) is 17.3 Å². The van der Waals surface area contributed by atoms with Gasteiger partial charge in [-0.1, -0.05) is 60.2 Å². The number of hydrogen-bond donors (Lipinski definition) is 1. The number of hydrogen-bond acceptors (Lipinski definition) is 3. The molecule has 0 aromatic heterocycles. The molecule has 0 aliphatic heterocycles. The number of nitrogens with one attached hydrogen (secondary N) is 1. The van der Waals surface area contributed by atoms with Gasteiger partial charge in [-0.3, -0.25) is 9.10 Å². The molecule has 150 valence electrons. The average Bonchev–Trinajstić information content (AvgIpc) is 2.71. The van der Waals surface area contributed by atoms with Gasteiger partial charge in [0.15, 0.2) is 0 Å². The van der Waals surface area contributed by atoms with E-state index in [4.69, 9.17) is 0 Å². The van der Waals surface area contributed by atoms with E-state index in [1.807, 2.05) is 44.2 Å². The van der Waals surface area contributed by atoms with Crippen LogP contribution in [0.1, 0.15) is 16.7 Å². The van der Waals surface area contributed by atoms with E-state index in [1.54, 1.807) is 36.4 Å². The molecule has 0 aliphatic rings. The molecule has 1 N–H and O–H groups in total. The van der Waals surface area contributed by atoms with E-state index in [0.717, 1.165) is 21.0 Å². The number of sulfonamides is 1. The Morgan fingerprint density at radius 3 is 2.17 bits per heavy atom. The van der Waals surface area contributed by atoms with Gasteiger partial charge in [-0.05, 0) is 49.2 Å². The number of benzene rings is 3. The first-order valence-corrected chi connectivity index (χ1v) is 10.8. The summed E-state index contributed by atoms with van der Waals surface area (Å²) in [6.45, 7) is 3.91. The van der Waals surface area contributed by atoms with Crippen molar-refractivity contribution in [3.63, 3.8) is 0 Å². The zero-order valence-electron chi connectivity index (χ0n) is 16.5. The molecule has 0 spiro atoms. The third kappa shape index (κ3) is 5.23. The highest BCUT2D eigenvalue weighted by Crippen LogP contribution is 2.24. The lowest BCUT2D eigenvalue weighted by Crippen LogP contribution is -2.40. The Kier molecular flexibility index (Phi) is 6.34. The largest absolute Gasteiger partial charge is 0.350 e. The van der Waals surface area contributed by atoms with Crippen LogP contribution in [0.5, 0.6) is 0 Å². The molecular weight excluding hydrogens is 384 g/mol. The number of amides is 1. The van der Waals surface area contributed by atoms with E-state index < -0.39 is 10.0 Å². The predicted molar refractivity (Wildman–Crippen MR) is 115 cm³/mol. The summed E-state index contributed by atoms with van der Waals surface area (Å²) in [6.07, 6.45) is 0. The molecule has 0 fully saturated rings. The lowest BCUT2D eigenvalue weighted by Gasteiger charge is -2.24. The number of rotatable bonds is 7. The van der Waals surface area contributed by atoms with Crippen LogP contribution in [0.25, 0.3) is 0 Å². The van der Waals surface area contributed by atoms with Crippen LogP contribution in [-0.4, -0.2) is 20.9 Å². The average molecular weight is 409 g/mol. The van der Waals surface area contributed by atoms with Gasteiger partial charge < -0.3 is 5.32 Å². The van der Waals surface area contributed by atoms with E-state index in [1.165, 1.54) is 12.1 Å². The first-order chi connectivity index (χ1) is 13.9. The molecular formula is C23H24N2O3S. The molecule has 0 unspecified atom stereocenters. The minimum atomic E-state index is -3.88. The molecule has 3 aromatic carbocycles. The lowest BCUT2D eigenvalue weighted by atomic mass is 10.1. The highest BCUT2D eigenvalue weighted by molar-refractivity contribution is 7.92. The molecule has 3 rings (SSSR count). The summed E-state index contributed by atoms with van der Waals surface area (Å²) in [5, 5.41) is 2.82. The van der Waals surface area contributed by atoms with Crippen LogP contribution < -0.4 is 9.62 Å². The summed E-state index contributed by atoms with van der Waals surface area (Å²) in [5.74, 6) is -0.368. The van der Waals surface area contributed by atoms with Crippen LogP contribution in [0.4, 0.5) is 5.69 Å². The molecule has 6 heteroatoms. The Morgan fingerprint density at radius 1 is 0.862 bits per heavy atom. The SMILES string of the molecule is Cc1cccc(CNC(=O)CN(c2cccc(C)c2)S(=O)(=O)c2ccccc2)c1. The summed E-state index contributed by atoms with van der Waals surface area (Å²) >= 11 is 0. The fourth-order valence-electron chi connectivity index (χ4n) is 3.03. The number of aryl methyl sites for hydroxylation is 2. The number of carbonyl (C=O) groups is 1. The maximum Gasteiger partial charge on any atom is 0.264 e. The first kappa shape index (κ1) is 20.6. The molecule has 0 saturated carbocycles. The molecule has 0 radical (unpaired) electrons. The maximum atomic E-state index is 13.2. The summed E-state index contributed by atoms with van der Waals surface area (Å²) < 4.78 is 27.6. The Morgan fingerprint density at radius 2 is 1.52 bits per heavy atom. The third-order valence-electron chi connectivity index (χ3n) is 4.48. The van der Waals surface area contributed by atoms with Crippen molar-refractivity contribution in [1.82, 2.24) is 5.32 Å². The fourth-order valence-corrected chi connectivity index (χ4v) is 4.46. The van der Waals surface area contributed by atoms with Gasteiger partial charge in [-0.2, -0.15) is 0 Å². The second-order valence-electron chi connectivity index (χ2n) is 6.93. The zero-order valence-corrected chi connectivity index (χ0v) is 17.3. The molecule has 0 bridgehead atoms. The van der Waals surface area contributed by atoms with Crippen molar-refractivity contribution < 1.29 is 13.2 Å². The quantitative estimate of drug-likeness (QED) is 0.646. The van der Waals surface area contributed by atoms with Crippen LogP contribution in [0, 0.1) is 13.8 Å². The Hall–Kier alpha value is -3.12. The topological polar surface area (TPSA) is 66.5 Å². The number of anilines is 1. The van der Waals surface area contributed by atoms with Crippen molar-refractivity contribution in [2.24, 2.45) is 0 Å². The van der Waals surface area contributed by atoms with Gasteiger partial charge in [-0.25, -0.2) is 8.42 Å². The molecule has 5 nitrogen and oxygen atoms in total. The first-order valence-electron chi connectivity index (χ1n) is 9.33. The standard InChI is InChI=1S/C23H24N2O3S/c1-18-8-6-10-20(14-18)16-24-23(26)17-25(21-11-7-9-19(2)15-21)29(27,28)22-12-4-3-5-13-22/h3-15H,16-17H2,1-2H3,(H,24,26). The van der Waals surface area contributed by atoms with Crippen LogP contribution in [0.3, 0.4) is 0 Å². The van der Waals surface area contributed by atoms with Gasteiger partial charge in [0.05, 0.1) is 10.6 Å². The minimum Gasteiger partial charge on any atom is -0.350 e. The summed E-state index contributed by atoms with van der Waals surface area (Å²) in [7, 11) is -3.88. The Bertz CT molecular complexity index is 1100. The Labute approximate surface area is 172 Å². The van der Waals surface area contributed by atoms with Crippen molar-refractivity contribution in [1.29, 1.82) is 0 Å². The summed E-state index contributed by atoms with van der Waals surface area (Å²) in [6, 6.07) is 23.1. The highest BCUT2D eigenvalue weighted by atomic mass is 32.2. The molecule has 0 aliphatic carbocycles. The number of carbonyl (C=O) groups excluding carboxylic acids is 1. The Balaban J connectivity index is 1.84. The molecule has 0 atom stereocenters. The van der Waals surface area contributed by atoms with Gasteiger partial charge >= 0.3 is 0 Å². The van der Waals surface area contributed by atoms with Crippen molar-refractivity contribution in [3.8, 4) is 0 Å².